The maximum Gasteiger partial charge on any atom is 0.317 e. The number of likely N-dealkylation sites (N-methyl/N-ethyl adjacent to an activating group) is 1. The van der Waals surface area contributed by atoms with Crippen LogP contribution in [-0.4, -0.2) is 67.8 Å². The number of rotatable bonds is 5. The molecule has 2 fully saturated rings. The third kappa shape index (κ3) is 4.00. The van der Waals surface area contributed by atoms with Crippen LogP contribution in [0.1, 0.15) is 17.7 Å². The highest BCUT2D eigenvalue weighted by Gasteiger charge is 2.32. The van der Waals surface area contributed by atoms with Crippen molar-refractivity contribution < 1.29 is 9.53 Å². The summed E-state index contributed by atoms with van der Waals surface area (Å²) >= 11 is 1.74. The van der Waals surface area contributed by atoms with E-state index >= 15 is 0 Å². The lowest BCUT2D eigenvalue weighted by Gasteiger charge is -2.35. The van der Waals surface area contributed by atoms with Gasteiger partial charge in [-0.2, -0.15) is 0 Å². The molecule has 2 aliphatic heterocycles. The van der Waals surface area contributed by atoms with Gasteiger partial charge in [-0.3, -0.25) is 4.90 Å². The maximum atomic E-state index is 12.1. The number of fused-ring (bicyclic) bond motifs is 1. The van der Waals surface area contributed by atoms with Gasteiger partial charge in [-0.15, -0.1) is 11.3 Å². The summed E-state index contributed by atoms with van der Waals surface area (Å²) in [5.74, 6) is 0. The van der Waals surface area contributed by atoms with Gasteiger partial charge in [-0.05, 0) is 37.3 Å². The fraction of sp³-hybridized carbons (Fsp3) is 0.688. The zero-order valence-corrected chi connectivity index (χ0v) is 14.0. The molecule has 0 saturated carbocycles. The van der Waals surface area contributed by atoms with Gasteiger partial charge < -0.3 is 15.0 Å². The number of urea groups is 1. The van der Waals surface area contributed by atoms with Crippen LogP contribution >= 0.6 is 11.3 Å². The van der Waals surface area contributed by atoms with Crippen molar-refractivity contribution in [1.82, 2.24) is 15.1 Å². The van der Waals surface area contributed by atoms with Crippen molar-refractivity contribution in [3.05, 3.63) is 22.4 Å². The minimum Gasteiger partial charge on any atom is -0.373 e. The van der Waals surface area contributed by atoms with E-state index in [1.165, 1.54) is 24.3 Å². The van der Waals surface area contributed by atoms with E-state index < -0.39 is 0 Å². The van der Waals surface area contributed by atoms with Crippen LogP contribution in [0.4, 0.5) is 4.79 Å². The molecule has 0 aliphatic carbocycles. The third-order valence-corrected chi connectivity index (χ3v) is 5.50. The lowest BCUT2D eigenvalue weighted by molar-refractivity contribution is -0.0460. The third-order valence-electron chi connectivity index (χ3n) is 4.56. The average Bonchev–Trinajstić information content (AvgIpc) is 3.20. The Morgan fingerprint density at radius 1 is 1.59 bits per heavy atom. The molecule has 2 aliphatic rings. The van der Waals surface area contributed by atoms with Gasteiger partial charge in [0.1, 0.15) is 0 Å². The van der Waals surface area contributed by atoms with Crippen LogP contribution in [0.3, 0.4) is 0 Å². The fourth-order valence-electron chi connectivity index (χ4n) is 3.18. The monoisotopic (exact) mass is 323 g/mol. The Hall–Kier alpha value is -1.11. The van der Waals surface area contributed by atoms with Crippen LogP contribution < -0.4 is 5.32 Å². The molecule has 2 atom stereocenters. The number of hydrogen-bond acceptors (Lipinski definition) is 4. The summed E-state index contributed by atoms with van der Waals surface area (Å²) in [7, 11) is 1.85. The van der Waals surface area contributed by atoms with Gasteiger partial charge in [-0.1, -0.05) is 6.07 Å². The number of hydrogen-bond donors (Lipinski definition) is 1. The molecule has 1 N–H and O–H groups in total. The van der Waals surface area contributed by atoms with E-state index in [1.807, 2.05) is 13.1 Å². The summed E-state index contributed by atoms with van der Waals surface area (Å²) in [6, 6.07) is 4.76. The Balaban J connectivity index is 1.36. The molecular weight excluding hydrogens is 298 g/mol. The van der Waals surface area contributed by atoms with Crippen molar-refractivity contribution in [3.63, 3.8) is 0 Å². The van der Waals surface area contributed by atoms with Crippen molar-refractivity contribution in [1.29, 1.82) is 0 Å². The van der Waals surface area contributed by atoms with Crippen molar-refractivity contribution in [2.45, 2.75) is 31.4 Å². The predicted molar refractivity (Wildman–Crippen MR) is 88.4 cm³/mol. The highest BCUT2D eigenvalue weighted by atomic mass is 32.1. The molecule has 2 amide bonds. The second-order valence-corrected chi connectivity index (χ2v) is 7.22. The van der Waals surface area contributed by atoms with Crippen molar-refractivity contribution >= 4 is 17.4 Å². The predicted octanol–water partition coefficient (Wildman–Crippen LogP) is 1.80. The van der Waals surface area contributed by atoms with E-state index in [0.717, 1.165) is 26.1 Å². The Labute approximate surface area is 136 Å². The summed E-state index contributed by atoms with van der Waals surface area (Å²) in [5, 5.41) is 5.07. The summed E-state index contributed by atoms with van der Waals surface area (Å²) < 4.78 is 5.87. The SMILES string of the molecule is CN(CCc1cccs1)C(=O)NC[C@H]1CN2CCC[C@H]2CO1. The molecule has 0 bridgehead atoms. The highest BCUT2D eigenvalue weighted by Crippen LogP contribution is 2.22. The van der Waals surface area contributed by atoms with Crippen LogP contribution in [0.15, 0.2) is 17.5 Å². The molecule has 1 aromatic rings. The van der Waals surface area contributed by atoms with E-state index in [0.29, 0.717) is 12.6 Å². The number of nitrogens with one attached hydrogen (secondary N) is 1. The Morgan fingerprint density at radius 3 is 3.32 bits per heavy atom. The topological polar surface area (TPSA) is 44.8 Å². The van der Waals surface area contributed by atoms with Gasteiger partial charge in [0.15, 0.2) is 0 Å². The number of carbonyl (C=O) groups is 1. The summed E-state index contributed by atoms with van der Waals surface area (Å²) in [5.41, 5.74) is 0. The fourth-order valence-corrected chi connectivity index (χ4v) is 3.88. The first-order chi connectivity index (χ1) is 10.7. The molecule has 0 spiro atoms. The number of carbonyl (C=O) groups excluding carboxylic acids is 1. The first-order valence-electron chi connectivity index (χ1n) is 8.09. The molecule has 122 valence electrons. The average molecular weight is 323 g/mol. The van der Waals surface area contributed by atoms with Gasteiger partial charge >= 0.3 is 6.03 Å². The molecule has 5 nitrogen and oxygen atoms in total. The number of morpholine rings is 1. The van der Waals surface area contributed by atoms with Crippen molar-refractivity contribution in [2.24, 2.45) is 0 Å². The molecule has 22 heavy (non-hydrogen) atoms. The van der Waals surface area contributed by atoms with Crippen LogP contribution in [0, 0.1) is 0 Å². The molecule has 1 aromatic heterocycles. The lowest BCUT2D eigenvalue weighted by Crippen LogP contribution is -2.51. The van der Waals surface area contributed by atoms with Gasteiger partial charge in [0.05, 0.1) is 12.7 Å². The highest BCUT2D eigenvalue weighted by molar-refractivity contribution is 7.09. The van der Waals surface area contributed by atoms with Crippen LogP contribution in [0.25, 0.3) is 0 Å². The van der Waals surface area contributed by atoms with E-state index in [2.05, 4.69) is 21.7 Å². The van der Waals surface area contributed by atoms with Crippen LogP contribution in [0.2, 0.25) is 0 Å². The van der Waals surface area contributed by atoms with Gasteiger partial charge in [-0.25, -0.2) is 4.79 Å². The summed E-state index contributed by atoms with van der Waals surface area (Å²) in [6.45, 7) is 4.29. The Bertz CT molecular complexity index is 480. The molecular formula is C16H25N3O2S. The lowest BCUT2D eigenvalue weighted by atomic mass is 10.2. The second kappa shape index (κ2) is 7.44. The normalized spacial score (nSPS) is 25.0. The molecule has 6 heteroatoms. The first-order valence-corrected chi connectivity index (χ1v) is 8.97. The first kappa shape index (κ1) is 15.8. The number of ether oxygens (including phenoxy) is 1. The Kier molecular flexibility index (Phi) is 5.33. The van der Waals surface area contributed by atoms with E-state index in [1.54, 1.807) is 16.2 Å². The van der Waals surface area contributed by atoms with Crippen LogP contribution in [0.5, 0.6) is 0 Å². The molecule has 2 saturated heterocycles. The minimum atomic E-state index is -0.0105. The van der Waals surface area contributed by atoms with Gasteiger partial charge in [0.25, 0.3) is 0 Å². The number of amides is 2. The van der Waals surface area contributed by atoms with E-state index in [9.17, 15) is 4.79 Å². The molecule has 0 aromatic carbocycles. The largest absolute Gasteiger partial charge is 0.373 e. The maximum absolute atomic E-state index is 12.1. The standard InChI is InChI=1S/C16H25N3O2S/c1-18(8-6-15-5-3-9-22-15)16(20)17-10-14-11-19-7-2-4-13(19)12-21-14/h3,5,9,13-14H,2,4,6-8,10-12H2,1H3,(H,17,20)/t13-,14-/m0/s1. The smallest absolute Gasteiger partial charge is 0.317 e. The Morgan fingerprint density at radius 2 is 2.50 bits per heavy atom. The molecule has 0 radical (unpaired) electrons. The van der Waals surface area contributed by atoms with E-state index in [4.69, 9.17) is 4.74 Å². The van der Waals surface area contributed by atoms with E-state index in [-0.39, 0.29) is 12.1 Å². The zero-order chi connectivity index (χ0) is 15.4. The van der Waals surface area contributed by atoms with Gasteiger partial charge in [0.2, 0.25) is 0 Å². The van der Waals surface area contributed by atoms with Crippen LogP contribution in [-0.2, 0) is 11.2 Å². The van der Waals surface area contributed by atoms with Crippen molar-refractivity contribution in [2.75, 3.05) is 39.8 Å². The number of nitrogens with zero attached hydrogens (tertiary/aromatic N) is 2. The molecule has 0 unspecified atom stereocenters. The summed E-state index contributed by atoms with van der Waals surface area (Å²) in [6.07, 6.45) is 3.57. The second-order valence-electron chi connectivity index (χ2n) is 6.18. The minimum absolute atomic E-state index is 0.0105. The number of thiophene rings is 1. The van der Waals surface area contributed by atoms with Gasteiger partial charge in [0, 0.05) is 37.6 Å². The molecule has 3 heterocycles. The molecule has 3 rings (SSSR count). The quantitative estimate of drug-likeness (QED) is 0.899. The summed E-state index contributed by atoms with van der Waals surface area (Å²) in [4.78, 5) is 17.7. The van der Waals surface area contributed by atoms with Crippen molar-refractivity contribution in [3.8, 4) is 0 Å². The zero-order valence-electron chi connectivity index (χ0n) is 13.2.